The highest BCUT2D eigenvalue weighted by Crippen LogP contribution is 2.33. The Morgan fingerprint density at radius 1 is 1.56 bits per heavy atom. The standard InChI is InChI=1S/C9H6ClF3N2O/c1-2-7(14)16-8-6(10)3-5(4-15-8)9(11,12)13/h2-4,14H,1H2. The van der Waals surface area contributed by atoms with Crippen molar-refractivity contribution in [3.05, 3.63) is 35.5 Å². The minimum Gasteiger partial charge on any atom is -0.420 e. The molecule has 0 spiro atoms. The number of nitrogens with zero attached hydrogens (tertiary/aromatic N) is 1. The molecule has 1 N–H and O–H groups in total. The smallest absolute Gasteiger partial charge is 0.417 e. The monoisotopic (exact) mass is 250 g/mol. The summed E-state index contributed by atoms with van der Waals surface area (Å²) in [6.45, 7) is 3.24. The Balaban J connectivity index is 3.01. The Labute approximate surface area is 94.0 Å². The lowest BCUT2D eigenvalue weighted by Crippen LogP contribution is -2.08. The summed E-state index contributed by atoms with van der Waals surface area (Å²) in [6.07, 6.45) is -2.87. The second kappa shape index (κ2) is 4.52. The van der Waals surface area contributed by atoms with E-state index >= 15 is 0 Å². The first-order chi connectivity index (χ1) is 7.34. The second-order valence-corrected chi connectivity index (χ2v) is 3.09. The van der Waals surface area contributed by atoms with Gasteiger partial charge in [-0.15, -0.1) is 0 Å². The predicted molar refractivity (Wildman–Crippen MR) is 52.8 cm³/mol. The van der Waals surface area contributed by atoms with Crippen molar-refractivity contribution in [2.24, 2.45) is 0 Å². The Hall–Kier alpha value is -1.56. The minimum atomic E-state index is -4.51. The summed E-state index contributed by atoms with van der Waals surface area (Å²) >= 11 is 5.52. The van der Waals surface area contributed by atoms with Crippen LogP contribution in [0.2, 0.25) is 5.02 Å². The summed E-state index contributed by atoms with van der Waals surface area (Å²) in [4.78, 5) is 3.37. The first-order valence-corrected chi connectivity index (χ1v) is 4.34. The Kier molecular flexibility index (Phi) is 3.54. The molecule has 1 rings (SSSR count). The molecule has 16 heavy (non-hydrogen) atoms. The zero-order chi connectivity index (χ0) is 12.3. The Morgan fingerprint density at radius 3 is 2.62 bits per heavy atom. The van der Waals surface area contributed by atoms with Gasteiger partial charge in [0, 0.05) is 6.20 Å². The largest absolute Gasteiger partial charge is 0.420 e. The maximum Gasteiger partial charge on any atom is 0.417 e. The molecule has 0 aliphatic carbocycles. The summed E-state index contributed by atoms with van der Waals surface area (Å²) in [5.41, 5.74) is -0.977. The van der Waals surface area contributed by atoms with Crippen LogP contribution < -0.4 is 4.74 Å². The fourth-order valence-corrected chi connectivity index (χ4v) is 1.01. The molecule has 0 unspecified atom stereocenters. The molecule has 3 nitrogen and oxygen atoms in total. The molecule has 0 aliphatic heterocycles. The highest BCUT2D eigenvalue weighted by Gasteiger charge is 2.31. The van der Waals surface area contributed by atoms with Crippen molar-refractivity contribution in [3.8, 4) is 5.88 Å². The van der Waals surface area contributed by atoms with Gasteiger partial charge in [-0.3, -0.25) is 5.41 Å². The second-order valence-electron chi connectivity index (χ2n) is 2.68. The van der Waals surface area contributed by atoms with Crippen LogP contribution in [0.15, 0.2) is 24.9 Å². The summed E-state index contributed by atoms with van der Waals surface area (Å²) in [6, 6.07) is 0.681. The van der Waals surface area contributed by atoms with E-state index in [1.807, 2.05) is 0 Å². The number of halogens is 4. The van der Waals surface area contributed by atoms with Gasteiger partial charge in [0.05, 0.1) is 5.56 Å². The maximum absolute atomic E-state index is 12.2. The third-order valence-corrected chi connectivity index (χ3v) is 1.80. The molecule has 0 amide bonds. The average molecular weight is 251 g/mol. The normalized spacial score (nSPS) is 11.0. The van der Waals surface area contributed by atoms with Crippen molar-refractivity contribution in [3.63, 3.8) is 0 Å². The number of ether oxygens (including phenoxy) is 1. The molecule has 0 fully saturated rings. The number of hydrogen-bond acceptors (Lipinski definition) is 3. The van der Waals surface area contributed by atoms with Gasteiger partial charge in [0.25, 0.3) is 0 Å². The van der Waals surface area contributed by atoms with E-state index in [-0.39, 0.29) is 16.8 Å². The van der Waals surface area contributed by atoms with E-state index in [1.165, 1.54) is 0 Å². The van der Waals surface area contributed by atoms with Gasteiger partial charge >= 0.3 is 6.18 Å². The molecule has 1 heterocycles. The van der Waals surface area contributed by atoms with Gasteiger partial charge in [-0.05, 0) is 12.1 Å². The Morgan fingerprint density at radius 2 is 2.19 bits per heavy atom. The van der Waals surface area contributed by atoms with Crippen LogP contribution in [0.1, 0.15) is 5.56 Å². The number of aromatic nitrogens is 1. The van der Waals surface area contributed by atoms with Crippen LogP contribution in [0, 0.1) is 5.41 Å². The van der Waals surface area contributed by atoms with Crippen LogP contribution in [0.3, 0.4) is 0 Å². The van der Waals surface area contributed by atoms with Crippen molar-refractivity contribution in [1.29, 1.82) is 5.41 Å². The fourth-order valence-electron chi connectivity index (χ4n) is 0.801. The average Bonchev–Trinajstić information content (AvgIpc) is 2.19. The molecule has 0 saturated carbocycles. The van der Waals surface area contributed by atoms with Crippen molar-refractivity contribution < 1.29 is 17.9 Å². The van der Waals surface area contributed by atoms with Crippen LogP contribution in [-0.2, 0) is 6.18 Å². The number of nitrogens with one attached hydrogen (secondary N) is 1. The molecule has 0 aromatic carbocycles. The molecular formula is C9H6ClF3N2O. The number of alkyl halides is 3. The molecule has 0 radical (unpaired) electrons. The lowest BCUT2D eigenvalue weighted by Gasteiger charge is -2.08. The third kappa shape index (κ3) is 2.96. The van der Waals surface area contributed by atoms with Crippen LogP contribution in [0.5, 0.6) is 5.88 Å². The van der Waals surface area contributed by atoms with Crippen molar-refractivity contribution in [2.45, 2.75) is 6.18 Å². The SMILES string of the molecule is C=CC(=N)Oc1ncc(C(F)(F)F)cc1Cl. The van der Waals surface area contributed by atoms with Gasteiger partial charge in [-0.2, -0.15) is 13.2 Å². The van der Waals surface area contributed by atoms with Gasteiger partial charge in [-0.1, -0.05) is 18.2 Å². The summed E-state index contributed by atoms with van der Waals surface area (Å²) in [7, 11) is 0. The van der Waals surface area contributed by atoms with Gasteiger partial charge in [0.2, 0.25) is 11.8 Å². The van der Waals surface area contributed by atoms with Crippen LogP contribution >= 0.6 is 11.6 Å². The van der Waals surface area contributed by atoms with E-state index in [1.54, 1.807) is 0 Å². The van der Waals surface area contributed by atoms with E-state index in [0.717, 1.165) is 6.08 Å². The quantitative estimate of drug-likeness (QED) is 0.647. The number of rotatable bonds is 2. The van der Waals surface area contributed by atoms with Crippen molar-refractivity contribution in [2.75, 3.05) is 0 Å². The van der Waals surface area contributed by atoms with Crippen molar-refractivity contribution in [1.82, 2.24) is 4.98 Å². The zero-order valence-electron chi connectivity index (χ0n) is 7.81. The molecule has 7 heteroatoms. The van der Waals surface area contributed by atoms with Gasteiger partial charge in [0.15, 0.2) is 0 Å². The summed E-state index contributed by atoms with van der Waals surface area (Å²) < 4.78 is 41.4. The summed E-state index contributed by atoms with van der Waals surface area (Å²) in [5, 5.41) is 6.77. The first kappa shape index (κ1) is 12.5. The van der Waals surface area contributed by atoms with Crippen molar-refractivity contribution >= 4 is 17.5 Å². The highest BCUT2D eigenvalue weighted by molar-refractivity contribution is 6.32. The third-order valence-electron chi connectivity index (χ3n) is 1.53. The van der Waals surface area contributed by atoms with E-state index in [9.17, 15) is 13.2 Å². The summed E-state index contributed by atoms with van der Waals surface area (Å²) in [5.74, 6) is -0.617. The molecule has 1 aromatic rings. The van der Waals surface area contributed by atoms with Crippen LogP contribution in [-0.4, -0.2) is 10.9 Å². The maximum atomic E-state index is 12.2. The zero-order valence-corrected chi connectivity index (χ0v) is 8.56. The lowest BCUT2D eigenvalue weighted by atomic mass is 10.3. The molecule has 0 aliphatic rings. The van der Waals surface area contributed by atoms with Gasteiger partial charge in [0.1, 0.15) is 5.02 Å². The fraction of sp³-hybridized carbons (Fsp3) is 0.111. The van der Waals surface area contributed by atoms with E-state index in [4.69, 9.17) is 21.7 Å². The molecule has 0 atom stereocenters. The van der Waals surface area contributed by atoms with E-state index in [0.29, 0.717) is 12.3 Å². The number of pyridine rings is 1. The predicted octanol–water partition coefficient (Wildman–Crippen LogP) is 3.30. The minimum absolute atomic E-state index is 0.264. The van der Waals surface area contributed by atoms with Crippen LogP contribution in [0.4, 0.5) is 13.2 Å². The van der Waals surface area contributed by atoms with Gasteiger partial charge < -0.3 is 4.74 Å². The van der Waals surface area contributed by atoms with E-state index < -0.39 is 11.7 Å². The van der Waals surface area contributed by atoms with Gasteiger partial charge in [-0.25, -0.2) is 4.98 Å². The molecule has 0 bridgehead atoms. The first-order valence-electron chi connectivity index (χ1n) is 3.96. The highest BCUT2D eigenvalue weighted by atomic mass is 35.5. The molecule has 0 saturated heterocycles. The van der Waals surface area contributed by atoms with E-state index in [2.05, 4.69) is 11.6 Å². The topological polar surface area (TPSA) is 46.0 Å². The number of hydrogen-bond donors (Lipinski definition) is 1. The lowest BCUT2D eigenvalue weighted by molar-refractivity contribution is -0.137. The molecule has 86 valence electrons. The molecule has 1 aromatic heterocycles. The Bertz CT molecular complexity index is 431. The van der Waals surface area contributed by atoms with Crippen LogP contribution in [0.25, 0.3) is 0 Å². The molecular weight excluding hydrogens is 245 g/mol.